The molecule has 0 atom stereocenters. The summed E-state index contributed by atoms with van der Waals surface area (Å²) in [5.74, 6) is 0.904. The molecule has 0 radical (unpaired) electrons. The van der Waals surface area contributed by atoms with E-state index in [9.17, 15) is 9.90 Å². The van der Waals surface area contributed by atoms with Crippen molar-refractivity contribution in [3.8, 4) is 17.2 Å². The van der Waals surface area contributed by atoms with Crippen molar-refractivity contribution in [2.45, 2.75) is 6.61 Å². The second kappa shape index (κ2) is 7.27. The Balaban J connectivity index is 2.96. The SMILES string of the molecule is C=CCOC(=O)Oc1cc(OC)c(CO)c(OC)c1. The third-order valence-corrected chi connectivity index (χ3v) is 2.26. The lowest BCUT2D eigenvalue weighted by molar-refractivity contribution is 0.109. The number of carbonyl (C=O) groups excluding carboxylic acids is 1. The van der Waals surface area contributed by atoms with E-state index < -0.39 is 6.16 Å². The molecule has 1 rings (SSSR count). The molecule has 0 aliphatic rings. The van der Waals surface area contributed by atoms with E-state index in [1.165, 1.54) is 32.4 Å². The largest absolute Gasteiger partial charge is 0.514 e. The van der Waals surface area contributed by atoms with E-state index in [4.69, 9.17) is 14.2 Å². The molecule has 1 N–H and O–H groups in total. The zero-order valence-corrected chi connectivity index (χ0v) is 10.8. The zero-order valence-electron chi connectivity index (χ0n) is 10.8. The predicted molar refractivity (Wildman–Crippen MR) is 67.6 cm³/mol. The first-order valence-electron chi connectivity index (χ1n) is 5.47. The van der Waals surface area contributed by atoms with Gasteiger partial charge in [0.2, 0.25) is 0 Å². The summed E-state index contributed by atoms with van der Waals surface area (Å²) in [6, 6.07) is 2.92. The second-order valence-electron chi connectivity index (χ2n) is 3.42. The fourth-order valence-electron chi connectivity index (χ4n) is 1.43. The van der Waals surface area contributed by atoms with Gasteiger partial charge in [0, 0.05) is 12.1 Å². The number of hydrogen-bond acceptors (Lipinski definition) is 6. The maximum absolute atomic E-state index is 11.3. The number of ether oxygens (including phenoxy) is 4. The van der Waals surface area contributed by atoms with Crippen molar-refractivity contribution >= 4 is 6.16 Å². The summed E-state index contributed by atoms with van der Waals surface area (Å²) in [6.45, 7) is 3.22. The van der Waals surface area contributed by atoms with Crippen LogP contribution >= 0.6 is 0 Å². The van der Waals surface area contributed by atoms with Crippen molar-refractivity contribution in [2.24, 2.45) is 0 Å². The summed E-state index contributed by atoms with van der Waals surface area (Å²) in [7, 11) is 2.88. The van der Waals surface area contributed by atoms with Crippen LogP contribution in [0.1, 0.15) is 5.56 Å². The number of aliphatic hydroxyl groups is 1. The molecule has 0 saturated heterocycles. The topological polar surface area (TPSA) is 74.2 Å². The van der Waals surface area contributed by atoms with Crippen LogP contribution in [0, 0.1) is 0 Å². The predicted octanol–water partition coefficient (Wildman–Crippen LogP) is 1.90. The van der Waals surface area contributed by atoms with Gasteiger partial charge >= 0.3 is 6.16 Å². The van der Waals surface area contributed by atoms with Crippen LogP contribution in [0.5, 0.6) is 17.2 Å². The van der Waals surface area contributed by atoms with Crippen LogP contribution in [-0.4, -0.2) is 32.1 Å². The molecule has 0 heterocycles. The van der Waals surface area contributed by atoms with Gasteiger partial charge in [-0.25, -0.2) is 4.79 Å². The summed E-state index contributed by atoms with van der Waals surface area (Å²) >= 11 is 0. The van der Waals surface area contributed by atoms with Gasteiger partial charge in [-0.05, 0) is 0 Å². The normalized spacial score (nSPS) is 9.63. The fraction of sp³-hybridized carbons (Fsp3) is 0.308. The molecule has 6 nitrogen and oxygen atoms in total. The van der Waals surface area contributed by atoms with Crippen molar-refractivity contribution in [3.63, 3.8) is 0 Å². The van der Waals surface area contributed by atoms with Crippen molar-refractivity contribution in [3.05, 3.63) is 30.4 Å². The third-order valence-electron chi connectivity index (χ3n) is 2.26. The Hall–Kier alpha value is -2.21. The average molecular weight is 268 g/mol. The van der Waals surface area contributed by atoms with Gasteiger partial charge in [-0.3, -0.25) is 0 Å². The third kappa shape index (κ3) is 3.89. The van der Waals surface area contributed by atoms with Gasteiger partial charge in [0.1, 0.15) is 23.9 Å². The molecular formula is C13H16O6. The summed E-state index contributed by atoms with van der Waals surface area (Å²) in [6.07, 6.45) is 0.567. The molecular weight excluding hydrogens is 252 g/mol. The maximum atomic E-state index is 11.3. The Morgan fingerprint density at radius 1 is 1.32 bits per heavy atom. The molecule has 0 aromatic heterocycles. The number of rotatable bonds is 6. The highest BCUT2D eigenvalue weighted by Gasteiger charge is 2.14. The van der Waals surface area contributed by atoms with Crippen LogP contribution in [0.4, 0.5) is 4.79 Å². The Morgan fingerprint density at radius 2 is 1.89 bits per heavy atom. The Labute approximate surface area is 111 Å². The molecule has 0 amide bonds. The minimum atomic E-state index is -0.860. The summed E-state index contributed by atoms with van der Waals surface area (Å²) in [5.41, 5.74) is 0.469. The van der Waals surface area contributed by atoms with Crippen LogP contribution in [0.25, 0.3) is 0 Å². The monoisotopic (exact) mass is 268 g/mol. The summed E-state index contributed by atoms with van der Waals surface area (Å²) < 4.78 is 19.8. The minimum absolute atomic E-state index is 0.0574. The van der Waals surface area contributed by atoms with Crippen LogP contribution in [0.15, 0.2) is 24.8 Å². The molecule has 6 heteroatoms. The van der Waals surface area contributed by atoms with Crippen molar-refractivity contribution in [2.75, 3.05) is 20.8 Å². The van der Waals surface area contributed by atoms with E-state index in [1.54, 1.807) is 0 Å². The first kappa shape index (κ1) is 14.8. The highest BCUT2D eigenvalue weighted by atomic mass is 16.7. The molecule has 1 aromatic rings. The highest BCUT2D eigenvalue weighted by Crippen LogP contribution is 2.34. The van der Waals surface area contributed by atoms with Crippen LogP contribution < -0.4 is 14.2 Å². The number of carbonyl (C=O) groups is 1. The Kier molecular flexibility index (Phi) is 5.69. The van der Waals surface area contributed by atoms with Gasteiger partial charge < -0.3 is 24.1 Å². The first-order chi connectivity index (χ1) is 9.15. The maximum Gasteiger partial charge on any atom is 0.514 e. The minimum Gasteiger partial charge on any atom is -0.496 e. The molecule has 0 spiro atoms. The van der Waals surface area contributed by atoms with Crippen LogP contribution in [-0.2, 0) is 11.3 Å². The highest BCUT2D eigenvalue weighted by molar-refractivity contribution is 5.65. The number of aliphatic hydroxyl groups excluding tert-OH is 1. The van der Waals surface area contributed by atoms with Gasteiger partial charge in [-0.2, -0.15) is 0 Å². The quantitative estimate of drug-likeness (QED) is 0.482. The average Bonchev–Trinajstić information content (AvgIpc) is 2.43. The molecule has 0 unspecified atom stereocenters. The molecule has 104 valence electrons. The lowest BCUT2D eigenvalue weighted by Gasteiger charge is -2.13. The van der Waals surface area contributed by atoms with Crippen molar-refractivity contribution < 1.29 is 28.8 Å². The first-order valence-corrected chi connectivity index (χ1v) is 5.47. The van der Waals surface area contributed by atoms with Gasteiger partial charge in [0.05, 0.1) is 26.4 Å². The standard InChI is InChI=1S/C13H16O6/c1-4-5-18-13(15)19-9-6-11(16-2)10(8-14)12(7-9)17-3/h4,6-7,14H,1,5,8H2,2-3H3. The molecule has 0 bridgehead atoms. The smallest absolute Gasteiger partial charge is 0.496 e. The van der Waals surface area contributed by atoms with Gasteiger partial charge in [-0.1, -0.05) is 12.7 Å². The summed E-state index contributed by atoms with van der Waals surface area (Å²) in [5, 5.41) is 9.25. The second-order valence-corrected chi connectivity index (χ2v) is 3.42. The Morgan fingerprint density at radius 3 is 2.32 bits per heavy atom. The van der Waals surface area contributed by atoms with E-state index in [-0.39, 0.29) is 19.0 Å². The lowest BCUT2D eigenvalue weighted by atomic mass is 10.1. The lowest BCUT2D eigenvalue weighted by Crippen LogP contribution is -2.11. The molecule has 19 heavy (non-hydrogen) atoms. The van der Waals surface area contributed by atoms with Gasteiger partial charge in [0.25, 0.3) is 0 Å². The Bertz CT molecular complexity index is 429. The summed E-state index contributed by atoms with van der Waals surface area (Å²) in [4.78, 5) is 11.3. The van der Waals surface area contributed by atoms with E-state index in [1.807, 2.05) is 0 Å². The van der Waals surface area contributed by atoms with E-state index in [0.717, 1.165) is 0 Å². The number of hydrogen-bond donors (Lipinski definition) is 1. The van der Waals surface area contributed by atoms with Gasteiger partial charge in [-0.15, -0.1) is 0 Å². The number of benzene rings is 1. The van der Waals surface area contributed by atoms with E-state index in [0.29, 0.717) is 17.1 Å². The number of methoxy groups -OCH3 is 2. The van der Waals surface area contributed by atoms with Crippen molar-refractivity contribution in [1.82, 2.24) is 0 Å². The van der Waals surface area contributed by atoms with Gasteiger partial charge in [0.15, 0.2) is 0 Å². The van der Waals surface area contributed by atoms with Crippen molar-refractivity contribution in [1.29, 1.82) is 0 Å². The molecule has 0 fully saturated rings. The molecule has 0 aliphatic carbocycles. The molecule has 0 saturated carbocycles. The van der Waals surface area contributed by atoms with E-state index >= 15 is 0 Å². The van der Waals surface area contributed by atoms with Crippen LogP contribution in [0.3, 0.4) is 0 Å². The molecule has 1 aromatic carbocycles. The molecule has 0 aliphatic heterocycles. The zero-order chi connectivity index (χ0) is 14.3. The van der Waals surface area contributed by atoms with Crippen LogP contribution in [0.2, 0.25) is 0 Å². The van der Waals surface area contributed by atoms with E-state index in [2.05, 4.69) is 11.3 Å². The fourth-order valence-corrected chi connectivity index (χ4v) is 1.43.